The summed E-state index contributed by atoms with van der Waals surface area (Å²) in [5, 5.41) is 2.86. The first-order chi connectivity index (χ1) is 9.88. The van der Waals surface area contributed by atoms with Gasteiger partial charge < -0.3 is 5.32 Å². The van der Waals surface area contributed by atoms with Gasteiger partial charge in [-0.05, 0) is 29.2 Å². The van der Waals surface area contributed by atoms with Crippen LogP contribution in [0.15, 0.2) is 48.5 Å². The van der Waals surface area contributed by atoms with E-state index in [4.69, 9.17) is 0 Å². The first-order valence-electron chi connectivity index (χ1n) is 6.87. The lowest BCUT2D eigenvalue weighted by atomic mass is 10.0. The van der Waals surface area contributed by atoms with Crippen molar-refractivity contribution >= 4 is 5.69 Å². The average Bonchev–Trinajstić information content (AvgIpc) is 2.45. The van der Waals surface area contributed by atoms with Crippen LogP contribution in [-0.4, -0.2) is 0 Å². The Morgan fingerprint density at radius 1 is 0.952 bits per heavy atom. The minimum Gasteiger partial charge on any atom is -0.380 e. The maximum absolute atomic E-state index is 12.9. The van der Waals surface area contributed by atoms with Gasteiger partial charge in [0.1, 0.15) is 0 Å². The molecular formula is C17H18F3N. The molecule has 0 saturated carbocycles. The van der Waals surface area contributed by atoms with Crippen LogP contribution in [-0.2, 0) is 12.7 Å². The number of anilines is 1. The van der Waals surface area contributed by atoms with Gasteiger partial charge >= 0.3 is 6.18 Å². The predicted octanol–water partition coefficient (Wildman–Crippen LogP) is 5.44. The highest BCUT2D eigenvalue weighted by Crippen LogP contribution is 2.34. The van der Waals surface area contributed by atoms with Crippen LogP contribution in [0.25, 0.3) is 0 Å². The highest BCUT2D eigenvalue weighted by atomic mass is 19.4. The van der Waals surface area contributed by atoms with Crippen molar-refractivity contribution in [3.8, 4) is 0 Å². The molecule has 0 spiro atoms. The first kappa shape index (κ1) is 15.4. The van der Waals surface area contributed by atoms with Crippen molar-refractivity contribution in [3.05, 3.63) is 65.2 Å². The van der Waals surface area contributed by atoms with E-state index in [0.29, 0.717) is 12.5 Å². The molecule has 2 aromatic rings. The molecule has 0 aromatic heterocycles. The van der Waals surface area contributed by atoms with Crippen LogP contribution in [0.3, 0.4) is 0 Å². The van der Waals surface area contributed by atoms with E-state index in [1.807, 2.05) is 24.3 Å². The quantitative estimate of drug-likeness (QED) is 0.791. The highest BCUT2D eigenvalue weighted by Gasteiger charge is 2.32. The Morgan fingerprint density at radius 3 is 2.14 bits per heavy atom. The number of hydrogen-bond donors (Lipinski definition) is 1. The molecule has 4 heteroatoms. The number of nitrogens with one attached hydrogen (secondary N) is 1. The predicted molar refractivity (Wildman–Crippen MR) is 79.3 cm³/mol. The summed E-state index contributed by atoms with van der Waals surface area (Å²) in [6.45, 7) is 4.57. The summed E-state index contributed by atoms with van der Waals surface area (Å²) < 4.78 is 38.6. The van der Waals surface area contributed by atoms with Crippen LogP contribution in [0.1, 0.15) is 36.5 Å². The van der Waals surface area contributed by atoms with Gasteiger partial charge in [0.2, 0.25) is 0 Å². The van der Waals surface area contributed by atoms with E-state index >= 15 is 0 Å². The fourth-order valence-electron chi connectivity index (χ4n) is 2.10. The van der Waals surface area contributed by atoms with E-state index in [9.17, 15) is 13.2 Å². The average molecular weight is 293 g/mol. The van der Waals surface area contributed by atoms with Crippen molar-refractivity contribution in [2.45, 2.75) is 32.5 Å². The smallest absolute Gasteiger partial charge is 0.380 e. The molecular weight excluding hydrogens is 275 g/mol. The van der Waals surface area contributed by atoms with Gasteiger partial charge in [-0.1, -0.05) is 50.2 Å². The molecule has 0 unspecified atom stereocenters. The molecule has 0 amide bonds. The second-order valence-electron chi connectivity index (χ2n) is 5.29. The number of alkyl halides is 3. The monoisotopic (exact) mass is 293 g/mol. The summed E-state index contributed by atoms with van der Waals surface area (Å²) in [5.41, 5.74) is 1.65. The van der Waals surface area contributed by atoms with Gasteiger partial charge in [-0.3, -0.25) is 0 Å². The van der Waals surface area contributed by atoms with Crippen LogP contribution in [0.2, 0.25) is 0 Å². The minimum absolute atomic E-state index is 0.109. The van der Waals surface area contributed by atoms with Gasteiger partial charge in [0.25, 0.3) is 0 Å². The van der Waals surface area contributed by atoms with Gasteiger partial charge in [-0.2, -0.15) is 13.2 Å². The molecule has 0 saturated heterocycles. The first-order valence-corrected chi connectivity index (χ1v) is 6.87. The van der Waals surface area contributed by atoms with Crippen molar-refractivity contribution in [1.82, 2.24) is 0 Å². The molecule has 21 heavy (non-hydrogen) atoms. The van der Waals surface area contributed by atoms with Crippen LogP contribution in [0, 0.1) is 0 Å². The number of halogens is 3. The van der Waals surface area contributed by atoms with Gasteiger partial charge in [-0.25, -0.2) is 0 Å². The zero-order chi connectivity index (χ0) is 15.5. The molecule has 2 aromatic carbocycles. The Morgan fingerprint density at radius 2 is 1.57 bits per heavy atom. The summed E-state index contributed by atoms with van der Waals surface area (Å²) in [6.07, 6.45) is -4.34. The molecule has 0 bridgehead atoms. The maximum Gasteiger partial charge on any atom is 0.418 e. The summed E-state index contributed by atoms with van der Waals surface area (Å²) in [4.78, 5) is 0. The van der Waals surface area contributed by atoms with Crippen LogP contribution in [0.4, 0.5) is 18.9 Å². The lowest BCUT2D eigenvalue weighted by Crippen LogP contribution is -2.10. The molecule has 2 rings (SSSR count). The largest absolute Gasteiger partial charge is 0.418 e. The molecule has 0 heterocycles. The SMILES string of the molecule is CC(C)c1ccc(CNc2ccccc2C(F)(F)F)cc1. The minimum atomic E-state index is -4.34. The number of rotatable bonds is 4. The molecule has 0 atom stereocenters. The number of para-hydroxylation sites is 1. The Labute approximate surface area is 122 Å². The fraction of sp³-hybridized carbons (Fsp3) is 0.294. The maximum atomic E-state index is 12.9. The summed E-state index contributed by atoms with van der Waals surface area (Å²) in [7, 11) is 0. The van der Waals surface area contributed by atoms with Crippen molar-refractivity contribution in [2.75, 3.05) is 5.32 Å². The summed E-state index contributed by atoms with van der Waals surface area (Å²) in [6, 6.07) is 13.4. The zero-order valence-electron chi connectivity index (χ0n) is 12.0. The summed E-state index contributed by atoms with van der Waals surface area (Å²) >= 11 is 0. The normalized spacial score (nSPS) is 11.7. The fourth-order valence-corrected chi connectivity index (χ4v) is 2.10. The molecule has 0 aliphatic heterocycles. The molecule has 0 fully saturated rings. The second-order valence-corrected chi connectivity index (χ2v) is 5.29. The van der Waals surface area contributed by atoms with Crippen LogP contribution in [0.5, 0.6) is 0 Å². The molecule has 0 radical (unpaired) electrons. The third-order valence-electron chi connectivity index (χ3n) is 3.36. The molecule has 1 nitrogen and oxygen atoms in total. The van der Waals surface area contributed by atoms with E-state index in [-0.39, 0.29) is 5.69 Å². The standard InChI is InChI=1S/C17H18F3N/c1-12(2)14-9-7-13(8-10-14)11-21-16-6-4-3-5-15(16)17(18,19)20/h3-10,12,21H,11H2,1-2H3. The van der Waals surface area contributed by atoms with E-state index < -0.39 is 11.7 Å². The van der Waals surface area contributed by atoms with Gasteiger partial charge in [0.15, 0.2) is 0 Å². The Balaban J connectivity index is 2.10. The molecule has 1 N–H and O–H groups in total. The van der Waals surface area contributed by atoms with Crippen LogP contribution < -0.4 is 5.32 Å². The van der Waals surface area contributed by atoms with Crippen molar-refractivity contribution < 1.29 is 13.2 Å². The summed E-state index contributed by atoms with van der Waals surface area (Å²) in [5.74, 6) is 0.443. The molecule has 112 valence electrons. The van der Waals surface area contributed by atoms with Crippen molar-refractivity contribution in [3.63, 3.8) is 0 Å². The van der Waals surface area contributed by atoms with E-state index in [1.54, 1.807) is 6.07 Å². The van der Waals surface area contributed by atoms with Gasteiger partial charge in [0, 0.05) is 12.2 Å². The Hall–Kier alpha value is -1.97. The highest BCUT2D eigenvalue weighted by molar-refractivity contribution is 5.52. The second kappa shape index (κ2) is 6.20. The van der Waals surface area contributed by atoms with Crippen molar-refractivity contribution in [1.29, 1.82) is 0 Å². The van der Waals surface area contributed by atoms with E-state index in [2.05, 4.69) is 19.2 Å². The number of hydrogen-bond acceptors (Lipinski definition) is 1. The molecule has 0 aliphatic rings. The number of benzene rings is 2. The topological polar surface area (TPSA) is 12.0 Å². The molecule has 0 aliphatic carbocycles. The van der Waals surface area contributed by atoms with Crippen LogP contribution >= 0.6 is 0 Å². The van der Waals surface area contributed by atoms with E-state index in [0.717, 1.165) is 11.6 Å². The lowest BCUT2D eigenvalue weighted by Gasteiger charge is -2.14. The van der Waals surface area contributed by atoms with Gasteiger partial charge in [-0.15, -0.1) is 0 Å². The lowest BCUT2D eigenvalue weighted by molar-refractivity contribution is -0.136. The Bertz CT molecular complexity index is 586. The van der Waals surface area contributed by atoms with E-state index in [1.165, 1.54) is 17.7 Å². The van der Waals surface area contributed by atoms with Crippen molar-refractivity contribution in [2.24, 2.45) is 0 Å². The third kappa shape index (κ3) is 4.00. The zero-order valence-corrected chi connectivity index (χ0v) is 12.0. The third-order valence-corrected chi connectivity index (χ3v) is 3.36. The Kier molecular flexibility index (Phi) is 4.56. The van der Waals surface area contributed by atoms with Gasteiger partial charge in [0.05, 0.1) is 5.56 Å².